The highest BCUT2D eigenvalue weighted by atomic mass is 35.5. The lowest BCUT2D eigenvalue weighted by atomic mass is 9.97. The Hall–Kier alpha value is -1.59. The second-order valence-corrected chi connectivity index (χ2v) is 5.38. The molecule has 4 rings (SSSR count). The van der Waals surface area contributed by atoms with E-state index in [1.165, 1.54) is 11.3 Å². The molecule has 5 nitrogen and oxygen atoms in total. The zero-order chi connectivity index (χ0) is 13.4. The van der Waals surface area contributed by atoms with Gasteiger partial charge in [0.2, 0.25) is 0 Å². The van der Waals surface area contributed by atoms with Gasteiger partial charge in [-0.15, -0.1) is 12.4 Å². The first-order valence-electron chi connectivity index (χ1n) is 7.19. The van der Waals surface area contributed by atoms with Gasteiger partial charge >= 0.3 is 0 Å². The molecule has 1 fully saturated rings. The number of nitrogens with zero attached hydrogens (tertiary/aromatic N) is 2. The number of hydrogen-bond acceptors (Lipinski definition) is 5. The monoisotopic (exact) mass is 307 g/mol. The fourth-order valence-corrected chi connectivity index (χ4v) is 2.96. The van der Waals surface area contributed by atoms with Gasteiger partial charge in [-0.05, 0) is 37.0 Å². The van der Waals surface area contributed by atoms with Crippen molar-refractivity contribution in [2.75, 3.05) is 25.1 Å². The molecule has 6 heteroatoms. The van der Waals surface area contributed by atoms with E-state index in [0.29, 0.717) is 12.5 Å². The molecule has 0 bridgehead atoms. The fourth-order valence-electron chi connectivity index (χ4n) is 2.96. The summed E-state index contributed by atoms with van der Waals surface area (Å²) in [6, 6.07) is 6.21. The van der Waals surface area contributed by atoms with Gasteiger partial charge < -0.3 is 14.6 Å². The second kappa shape index (κ2) is 6.03. The molecule has 21 heavy (non-hydrogen) atoms. The van der Waals surface area contributed by atoms with E-state index in [2.05, 4.69) is 27.6 Å². The molecular formula is C15H18ClN3O2. The molecule has 1 aromatic carbocycles. The summed E-state index contributed by atoms with van der Waals surface area (Å²) in [4.78, 5) is 4.59. The maximum absolute atomic E-state index is 5.48. The summed E-state index contributed by atoms with van der Waals surface area (Å²) in [6.45, 7) is 2.53. The Bertz CT molecular complexity index is 623. The molecule has 2 aromatic rings. The van der Waals surface area contributed by atoms with Crippen LogP contribution >= 0.6 is 12.4 Å². The lowest BCUT2D eigenvalue weighted by Crippen LogP contribution is -2.12. The summed E-state index contributed by atoms with van der Waals surface area (Å²) in [7, 11) is 0. The second-order valence-electron chi connectivity index (χ2n) is 5.38. The van der Waals surface area contributed by atoms with Gasteiger partial charge in [0.1, 0.15) is 0 Å². The molecule has 2 aliphatic heterocycles. The van der Waals surface area contributed by atoms with Crippen LogP contribution in [0.25, 0.3) is 11.5 Å². The first-order valence-corrected chi connectivity index (χ1v) is 7.19. The van der Waals surface area contributed by atoms with E-state index in [4.69, 9.17) is 9.26 Å². The van der Waals surface area contributed by atoms with Crippen molar-refractivity contribution in [3.05, 3.63) is 29.6 Å². The van der Waals surface area contributed by atoms with E-state index in [9.17, 15) is 0 Å². The van der Waals surface area contributed by atoms with Crippen LogP contribution in [0.1, 0.15) is 30.1 Å². The molecule has 112 valence electrons. The Kier molecular flexibility index (Phi) is 4.12. The topological polar surface area (TPSA) is 60.2 Å². The largest absolute Gasteiger partial charge is 0.385 e. The predicted molar refractivity (Wildman–Crippen MR) is 82.0 cm³/mol. The van der Waals surface area contributed by atoms with Gasteiger partial charge in [-0.1, -0.05) is 11.2 Å². The molecular weight excluding hydrogens is 290 g/mol. The number of nitrogens with one attached hydrogen (secondary N) is 1. The third kappa shape index (κ3) is 2.63. The van der Waals surface area contributed by atoms with Crippen LogP contribution in [0, 0.1) is 0 Å². The molecule has 3 heterocycles. The standard InChI is InChI=1S/C15H17N3O2.ClH/c1-3-12(11-4-2-7-16-13(11)5-1)15-17-14(18-20-15)10-6-8-19-9-10;/h1,3,5,10,16H,2,4,6-9H2;1H. The first-order chi connectivity index (χ1) is 9.92. The number of hydrogen-bond donors (Lipinski definition) is 1. The van der Waals surface area contributed by atoms with Crippen molar-refractivity contribution in [2.45, 2.75) is 25.2 Å². The zero-order valence-electron chi connectivity index (χ0n) is 11.7. The van der Waals surface area contributed by atoms with Crippen molar-refractivity contribution in [3.63, 3.8) is 0 Å². The van der Waals surface area contributed by atoms with E-state index < -0.39 is 0 Å². The predicted octanol–water partition coefficient (Wildman–Crippen LogP) is 3.02. The molecule has 1 saturated heterocycles. The Morgan fingerprint density at radius 1 is 1.29 bits per heavy atom. The minimum Gasteiger partial charge on any atom is -0.385 e. The van der Waals surface area contributed by atoms with Gasteiger partial charge in [0.05, 0.1) is 6.61 Å². The van der Waals surface area contributed by atoms with Crippen molar-refractivity contribution < 1.29 is 9.26 Å². The molecule has 0 aliphatic carbocycles. The molecule has 1 N–H and O–H groups in total. The number of ether oxygens (including phenoxy) is 1. The first kappa shape index (κ1) is 14.4. The molecule has 2 aliphatic rings. The summed E-state index contributed by atoms with van der Waals surface area (Å²) in [5.41, 5.74) is 3.54. The highest BCUT2D eigenvalue weighted by molar-refractivity contribution is 5.85. The van der Waals surface area contributed by atoms with Crippen LogP contribution in [0.15, 0.2) is 22.7 Å². The Morgan fingerprint density at radius 2 is 2.24 bits per heavy atom. The molecule has 0 spiro atoms. The minimum atomic E-state index is 0. The number of aromatic nitrogens is 2. The van der Waals surface area contributed by atoms with Crippen LogP contribution in [0.5, 0.6) is 0 Å². The van der Waals surface area contributed by atoms with E-state index >= 15 is 0 Å². The Balaban J connectivity index is 0.00000132. The van der Waals surface area contributed by atoms with Gasteiger partial charge in [0, 0.05) is 30.3 Å². The summed E-state index contributed by atoms with van der Waals surface area (Å²) in [5.74, 6) is 1.69. The lowest BCUT2D eigenvalue weighted by molar-refractivity contribution is 0.192. The third-order valence-electron chi connectivity index (χ3n) is 4.06. The van der Waals surface area contributed by atoms with Crippen LogP contribution in [0.3, 0.4) is 0 Å². The summed E-state index contributed by atoms with van der Waals surface area (Å²) < 4.78 is 10.9. The van der Waals surface area contributed by atoms with Crippen LogP contribution in [0.4, 0.5) is 5.69 Å². The Labute approximate surface area is 129 Å². The smallest absolute Gasteiger partial charge is 0.258 e. The SMILES string of the molecule is Cl.c1cc2c(c(-c3nc(C4CCOC4)no3)c1)CCCN2. The highest BCUT2D eigenvalue weighted by Crippen LogP contribution is 2.33. The van der Waals surface area contributed by atoms with Gasteiger partial charge in [-0.2, -0.15) is 4.98 Å². The molecule has 0 amide bonds. The molecule has 1 unspecified atom stereocenters. The van der Waals surface area contributed by atoms with Crippen molar-refractivity contribution in [1.82, 2.24) is 10.1 Å². The molecule has 1 aromatic heterocycles. The van der Waals surface area contributed by atoms with Crippen molar-refractivity contribution in [2.24, 2.45) is 0 Å². The van der Waals surface area contributed by atoms with Gasteiger partial charge in [0.25, 0.3) is 5.89 Å². The lowest BCUT2D eigenvalue weighted by Gasteiger charge is -2.19. The number of fused-ring (bicyclic) bond motifs is 1. The van der Waals surface area contributed by atoms with Crippen LogP contribution < -0.4 is 5.32 Å². The number of anilines is 1. The zero-order valence-corrected chi connectivity index (χ0v) is 12.5. The highest BCUT2D eigenvalue weighted by Gasteiger charge is 2.24. The molecule has 1 atom stereocenters. The average molecular weight is 308 g/mol. The summed E-state index contributed by atoms with van der Waals surface area (Å²) in [6.07, 6.45) is 3.18. The van der Waals surface area contributed by atoms with Crippen LogP contribution in [-0.2, 0) is 11.2 Å². The van der Waals surface area contributed by atoms with E-state index in [1.807, 2.05) is 6.07 Å². The number of rotatable bonds is 2. The molecule has 0 radical (unpaired) electrons. The summed E-state index contributed by atoms with van der Waals surface area (Å²) in [5, 5.41) is 7.56. The summed E-state index contributed by atoms with van der Waals surface area (Å²) >= 11 is 0. The minimum absolute atomic E-state index is 0. The molecule has 0 saturated carbocycles. The van der Waals surface area contributed by atoms with Crippen molar-refractivity contribution in [1.29, 1.82) is 0 Å². The quantitative estimate of drug-likeness (QED) is 0.924. The van der Waals surface area contributed by atoms with Crippen molar-refractivity contribution in [3.8, 4) is 11.5 Å². The van der Waals surface area contributed by atoms with E-state index in [0.717, 1.165) is 43.8 Å². The third-order valence-corrected chi connectivity index (χ3v) is 4.06. The van der Waals surface area contributed by atoms with Crippen molar-refractivity contribution >= 4 is 18.1 Å². The van der Waals surface area contributed by atoms with Gasteiger partial charge in [-0.25, -0.2) is 0 Å². The fraction of sp³-hybridized carbons (Fsp3) is 0.467. The number of halogens is 1. The number of benzene rings is 1. The average Bonchev–Trinajstić information content (AvgIpc) is 3.17. The normalized spacial score (nSPS) is 20.5. The maximum atomic E-state index is 5.48. The van der Waals surface area contributed by atoms with Gasteiger partial charge in [-0.3, -0.25) is 0 Å². The Morgan fingerprint density at radius 3 is 3.10 bits per heavy atom. The van der Waals surface area contributed by atoms with E-state index in [1.54, 1.807) is 0 Å². The van der Waals surface area contributed by atoms with E-state index in [-0.39, 0.29) is 18.3 Å². The van der Waals surface area contributed by atoms with Crippen LogP contribution in [-0.4, -0.2) is 29.9 Å². The maximum Gasteiger partial charge on any atom is 0.258 e. The van der Waals surface area contributed by atoms with Gasteiger partial charge in [0.15, 0.2) is 5.82 Å². The van der Waals surface area contributed by atoms with Crippen LogP contribution in [0.2, 0.25) is 0 Å².